The van der Waals surface area contributed by atoms with Gasteiger partial charge in [0.1, 0.15) is 5.82 Å². The van der Waals surface area contributed by atoms with Crippen molar-refractivity contribution in [3.8, 4) is 17.3 Å². The Morgan fingerprint density at radius 1 is 1.19 bits per heavy atom. The van der Waals surface area contributed by atoms with Gasteiger partial charge in [0.2, 0.25) is 0 Å². The summed E-state index contributed by atoms with van der Waals surface area (Å²) in [5.41, 5.74) is 9.92. The van der Waals surface area contributed by atoms with Gasteiger partial charge in [0.05, 0.1) is 17.2 Å². The molecule has 3 aromatic rings. The number of primary amides is 1. The van der Waals surface area contributed by atoms with E-state index in [0.29, 0.717) is 24.1 Å². The maximum Gasteiger partial charge on any atom is 0.250 e. The summed E-state index contributed by atoms with van der Waals surface area (Å²) in [6.45, 7) is 2.43. The van der Waals surface area contributed by atoms with Crippen molar-refractivity contribution in [2.24, 2.45) is 5.73 Å². The van der Waals surface area contributed by atoms with E-state index >= 15 is 0 Å². The molecule has 130 valence electrons. The molecule has 0 radical (unpaired) electrons. The van der Waals surface area contributed by atoms with Crippen molar-refractivity contribution in [1.82, 2.24) is 4.57 Å². The first-order valence-corrected chi connectivity index (χ1v) is 8.24. The zero-order chi connectivity index (χ0) is 18.7. The second-order valence-electron chi connectivity index (χ2n) is 6.11. The highest BCUT2D eigenvalue weighted by atomic mass is 19.1. The fourth-order valence-electron chi connectivity index (χ4n) is 3.07. The van der Waals surface area contributed by atoms with Gasteiger partial charge < -0.3 is 10.3 Å². The summed E-state index contributed by atoms with van der Waals surface area (Å²) in [5.74, 6) is -0.751. The van der Waals surface area contributed by atoms with E-state index in [1.54, 1.807) is 24.3 Å². The zero-order valence-corrected chi connectivity index (χ0v) is 14.4. The lowest BCUT2D eigenvalue weighted by Crippen LogP contribution is -2.13. The van der Waals surface area contributed by atoms with E-state index in [1.165, 1.54) is 12.1 Å². The molecule has 0 saturated carbocycles. The Balaban J connectivity index is 1.99. The number of halogens is 1. The molecule has 2 aromatic carbocycles. The van der Waals surface area contributed by atoms with E-state index in [0.717, 1.165) is 22.5 Å². The number of aryl methyl sites for hydroxylation is 1. The van der Waals surface area contributed by atoms with E-state index in [-0.39, 0.29) is 5.82 Å². The minimum absolute atomic E-state index is 0.267. The number of hydrogen-bond donors (Lipinski definition) is 1. The molecule has 0 atom stereocenters. The van der Waals surface area contributed by atoms with Crippen LogP contribution in [-0.2, 0) is 13.0 Å². The third-order valence-corrected chi connectivity index (χ3v) is 4.45. The van der Waals surface area contributed by atoms with Crippen LogP contribution in [0.1, 0.15) is 27.2 Å². The van der Waals surface area contributed by atoms with Gasteiger partial charge in [-0.2, -0.15) is 5.26 Å². The summed E-state index contributed by atoms with van der Waals surface area (Å²) in [7, 11) is 0. The van der Waals surface area contributed by atoms with Crippen LogP contribution in [0, 0.1) is 24.1 Å². The monoisotopic (exact) mass is 347 g/mol. The van der Waals surface area contributed by atoms with E-state index < -0.39 is 5.91 Å². The molecule has 0 fully saturated rings. The molecular weight excluding hydrogens is 329 g/mol. The number of benzene rings is 2. The topological polar surface area (TPSA) is 71.8 Å². The van der Waals surface area contributed by atoms with Crippen molar-refractivity contribution in [3.05, 3.63) is 82.8 Å². The predicted molar refractivity (Wildman–Crippen MR) is 97.9 cm³/mol. The highest BCUT2D eigenvalue weighted by molar-refractivity contribution is 5.95. The molecule has 0 aliphatic rings. The molecule has 26 heavy (non-hydrogen) atoms. The summed E-state index contributed by atoms with van der Waals surface area (Å²) in [6, 6.07) is 17.5. The van der Waals surface area contributed by atoms with Crippen LogP contribution in [0.25, 0.3) is 11.3 Å². The van der Waals surface area contributed by atoms with Crippen LogP contribution >= 0.6 is 0 Å². The van der Waals surface area contributed by atoms with Crippen LogP contribution in [0.5, 0.6) is 0 Å². The third-order valence-electron chi connectivity index (χ3n) is 4.45. The van der Waals surface area contributed by atoms with Crippen molar-refractivity contribution in [2.45, 2.75) is 19.9 Å². The minimum Gasteiger partial charge on any atom is -0.366 e. The lowest BCUT2D eigenvalue weighted by Gasteiger charge is -2.12. The van der Waals surface area contributed by atoms with Crippen molar-refractivity contribution in [3.63, 3.8) is 0 Å². The predicted octanol–water partition coefficient (Wildman–Crippen LogP) is 3.82. The van der Waals surface area contributed by atoms with Gasteiger partial charge in [-0.25, -0.2) is 4.39 Å². The molecule has 0 unspecified atom stereocenters. The molecule has 0 bridgehead atoms. The Hall–Kier alpha value is -3.39. The standard InChI is InChI=1S/C21H18FN3O/c1-14-19(21(24)26)12-20(17-7-5-16(13-23)6-8-17)25(14)10-9-15-3-2-4-18(22)11-15/h2-8,11-12H,9-10H2,1H3,(H2,24,26). The van der Waals surface area contributed by atoms with Gasteiger partial charge in [-0.05, 0) is 54.8 Å². The molecule has 1 amide bonds. The Labute approximate surface area is 151 Å². The van der Waals surface area contributed by atoms with Crippen LogP contribution in [0.3, 0.4) is 0 Å². The smallest absolute Gasteiger partial charge is 0.250 e. The SMILES string of the molecule is Cc1c(C(N)=O)cc(-c2ccc(C#N)cc2)n1CCc1cccc(F)c1. The molecule has 0 aliphatic heterocycles. The summed E-state index contributed by atoms with van der Waals surface area (Å²) in [6.07, 6.45) is 0.620. The molecule has 0 aliphatic carbocycles. The average Bonchev–Trinajstić information content (AvgIpc) is 2.97. The summed E-state index contributed by atoms with van der Waals surface area (Å²) < 4.78 is 15.4. The van der Waals surface area contributed by atoms with Crippen LogP contribution < -0.4 is 5.73 Å². The largest absolute Gasteiger partial charge is 0.366 e. The quantitative estimate of drug-likeness (QED) is 0.762. The Morgan fingerprint density at radius 2 is 1.92 bits per heavy atom. The maximum absolute atomic E-state index is 13.4. The van der Waals surface area contributed by atoms with Crippen LogP contribution in [-0.4, -0.2) is 10.5 Å². The lowest BCUT2D eigenvalue weighted by atomic mass is 10.1. The molecule has 4 nitrogen and oxygen atoms in total. The fraction of sp³-hybridized carbons (Fsp3) is 0.143. The molecule has 1 aromatic heterocycles. The van der Waals surface area contributed by atoms with E-state index in [9.17, 15) is 9.18 Å². The van der Waals surface area contributed by atoms with Gasteiger partial charge in [0.25, 0.3) is 5.91 Å². The number of carbonyl (C=O) groups excluding carboxylic acids is 1. The first-order chi connectivity index (χ1) is 12.5. The molecule has 0 spiro atoms. The molecule has 0 saturated heterocycles. The highest BCUT2D eigenvalue weighted by Gasteiger charge is 2.16. The molecule has 1 heterocycles. The normalized spacial score (nSPS) is 10.5. The van der Waals surface area contributed by atoms with Gasteiger partial charge in [0.15, 0.2) is 0 Å². The van der Waals surface area contributed by atoms with Gasteiger partial charge in [-0.1, -0.05) is 24.3 Å². The Morgan fingerprint density at radius 3 is 2.54 bits per heavy atom. The average molecular weight is 347 g/mol. The fourth-order valence-corrected chi connectivity index (χ4v) is 3.07. The van der Waals surface area contributed by atoms with Crippen molar-refractivity contribution >= 4 is 5.91 Å². The number of rotatable bonds is 5. The number of nitrogens with two attached hydrogens (primary N) is 1. The number of aromatic nitrogens is 1. The number of hydrogen-bond acceptors (Lipinski definition) is 2. The number of carbonyl (C=O) groups is 1. The van der Waals surface area contributed by atoms with Crippen molar-refractivity contribution in [1.29, 1.82) is 5.26 Å². The summed E-state index contributed by atoms with van der Waals surface area (Å²) >= 11 is 0. The molecule has 3 rings (SSSR count). The second-order valence-corrected chi connectivity index (χ2v) is 6.11. The maximum atomic E-state index is 13.4. The van der Waals surface area contributed by atoms with E-state index in [4.69, 9.17) is 11.0 Å². The molecular formula is C21H18FN3O. The van der Waals surface area contributed by atoms with E-state index in [2.05, 4.69) is 6.07 Å². The Kier molecular flexibility index (Phi) is 4.85. The van der Waals surface area contributed by atoms with Gasteiger partial charge in [0, 0.05) is 17.9 Å². The summed E-state index contributed by atoms with van der Waals surface area (Å²) in [5, 5.41) is 8.96. The zero-order valence-electron chi connectivity index (χ0n) is 14.4. The van der Waals surface area contributed by atoms with E-state index in [1.807, 2.05) is 29.7 Å². The van der Waals surface area contributed by atoms with Crippen molar-refractivity contribution in [2.75, 3.05) is 0 Å². The highest BCUT2D eigenvalue weighted by Crippen LogP contribution is 2.27. The van der Waals surface area contributed by atoms with Crippen molar-refractivity contribution < 1.29 is 9.18 Å². The number of amides is 1. The van der Waals surface area contributed by atoms with Gasteiger partial charge in [-0.3, -0.25) is 4.79 Å². The lowest BCUT2D eigenvalue weighted by molar-refractivity contribution is 0.0999. The third kappa shape index (κ3) is 3.50. The minimum atomic E-state index is -0.484. The number of nitriles is 1. The first-order valence-electron chi connectivity index (χ1n) is 8.24. The van der Waals surface area contributed by atoms with Crippen LogP contribution in [0.2, 0.25) is 0 Å². The second kappa shape index (κ2) is 7.24. The molecule has 2 N–H and O–H groups in total. The summed E-state index contributed by atoms with van der Waals surface area (Å²) in [4.78, 5) is 11.8. The Bertz CT molecular complexity index is 997. The number of nitrogens with zero attached hydrogens (tertiary/aromatic N) is 2. The van der Waals surface area contributed by atoms with Crippen LogP contribution in [0.4, 0.5) is 4.39 Å². The van der Waals surface area contributed by atoms with Gasteiger partial charge >= 0.3 is 0 Å². The van der Waals surface area contributed by atoms with Crippen LogP contribution in [0.15, 0.2) is 54.6 Å². The molecule has 5 heteroatoms. The first kappa shape index (κ1) is 17.4. The van der Waals surface area contributed by atoms with Gasteiger partial charge in [-0.15, -0.1) is 0 Å².